The van der Waals surface area contributed by atoms with Crippen LogP contribution < -0.4 is 19.5 Å². The van der Waals surface area contributed by atoms with Gasteiger partial charge < -0.3 is 10.1 Å². The number of sulfonamides is 2. The van der Waals surface area contributed by atoms with E-state index >= 15 is 0 Å². The number of nitrogens with one attached hydrogen (secondary N) is 3. The van der Waals surface area contributed by atoms with Gasteiger partial charge in [-0.2, -0.15) is 0 Å². The maximum Gasteiger partial charge on any atom is 0.262 e. The number of halogens is 1. The third kappa shape index (κ3) is 6.76. The highest BCUT2D eigenvalue weighted by Gasteiger charge is 2.22. The van der Waals surface area contributed by atoms with Crippen molar-refractivity contribution in [3.05, 3.63) is 108 Å². The predicted molar refractivity (Wildman–Crippen MR) is 143 cm³/mol. The molecule has 0 saturated carbocycles. The molecule has 39 heavy (non-hydrogen) atoms. The lowest BCUT2D eigenvalue weighted by Gasteiger charge is -2.13. The lowest BCUT2D eigenvalue weighted by atomic mass is 10.2. The Morgan fingerprint density at radius 3 is 2.38 bits per heavy atom. The number of hydrogen-bond donors (Lipinski definition) is 3. The van der Waals surface area contributed by atoms with Crippen molar-refractivity contribution in [1.29, 1.82) is 0 Å². The van der Waals surface area contributed by atoms with Crippen molar-refractivity contribution in [3.63, 3.8) is 0 Å². The van der Waals surface area contributed by atoms with Gasteiger partial charge in [0, 0.05) is 17.4 Å². The average Bonchev–Trinajstić information content (AvgIpc) is 2.93. The number of benzene rings is 3. The molecule has 13 heteroatoms. The lowest BCUT2D eigenvalue weighted by Crippen LogP contribution is -2.25. The van der Waals surface area contributed by atoms with E-state index in [9.17, 15) is 26.0 Å². The minimum Gasteiger partial charge on any atom is -0.495 e. The number of pyridine rings is 1. The molecule has 0 spiro atoms. The van der Waals surface area contributed by atoms with Crippen LogP contribution in [0.4, 0.5) is 15.8 Å². The largest absolute Gasteiger partial charge is 0.495 e. The second-order valence-electron chi connectivity index (χ2n) is 8.08. The zero-order valence-electron chi connectivity index (χ0n) is 20.5. The van der Waals surface area contributed by atoms with E-state index in [1.807, 2.05) is 0 Å². The maximum absolute atomic E-state index is 13.9. The number of anilines is 2. The Kier molecular flexibility index (Phi) is 8.24. The van der Waals surface area contributed by atoms with Crippen LogP contribution in [0.5, 0.6) is 5.75 Å². The number of nitrogens with zero attached hydrogens (tertiary/aromatic N) is 1. The first-order chi connectivity index (χ1) is 18.6. The van der Waals surface area contributed by atoms with Crippen LogP contribution in [0, 0.1) is 5.82 Å². The van der Waals surface area contributed by atoms with Crippen LogP contribution in [0.1, 0.15) is 16.1 Å². The van der Waals surface area contributed by atoms with Crippen LogP contribution in [-0.2, 0) is 26.6 Å². The number of para-hydroxylation sites is 1. The molecule has 0 bridgehead atoms. The van der Waals surface area contributed by atoms with Gasteiger partial charge in [0.05, 0.1) is 29.9 Å². The molecule has 0 atom stereocenters. The molecule has 0 fully saturated rings. The fourth-order valence-electron chi connectivity index (χ4n) is 3.47. The summed E-state index contributed by atoms with van der Waals surface area (Å²) in [5, 5.41) is 2.55. The van der Waals surface area contributed by atoms with Crippen molar-refractivity contribution in [1.82, 2.24) is 9.71 Å². The van der Waals surface area contributed by atoms with Crippen LogP contribution in [-0.4, -0.2) is 34.8 Å². The molecule has 3 N–H and O–H groups in total. The molecular formula is C26H23FN4O6S2. The topological polar surface area (TPSA) is 144 Å². The summed E-state index contributed by atoms with van der Waals surface area (Å²) >= 11 is 0. The third-order valence-corrected chi connectivity index (χ3v) is 8.19. The molecule has 0 aliphatic heterocycles. The predicted octanol–water partition coefficient (Wildman–Crippen LogP) is 3.76. The summed E-state index contributed by atoms with van der Waals surface area (Å²) in [6.45, 7) is -0.0784. The van der Waals surface area contributed by atoms with Crippen LogP contribution in [0.2, 0.25) is 0 Å². The normalized spacial score (nSPS) is 11.5. The standard InChI is InChI=1S/C26H23FN4O6S2/c1-37-24-13-12-18(15-25(24)39(35,36)29-17-20-7-4-5-14-28-20)26(32)30-19-8-6-9-21(16-19)38(33,34)31-23-11-3-2-10-22(23)27/h2-16,29,31H,17H2,1H3,(H,30,32). The summed E-state index contributed by atoms with van der Waals surface area (Å²) in [6.07, 6.45) is 1.53. The van der Waals surface area contributed by atoms with E-state index < -0.39 is 31.8 Å². The van der Waals surface area contributed by atoms with Gasteiger partial charge in [-0.3, -0.25) is 14.5 Å². The number of hydrogen-bond acceptors (Lipinski definition) is 7. The smallest absolute Gasteiger partial charge is 0.262 e. The van der Waals surface area contributed by atoms with Crippen molar-refractivity contribution in [2.24, 2.45) is 0 Å². The van der Waals surface area contributed by atoms with E-state index in [-0.39, 0.29) is 39.0 Å². The zero-order valence-corrected chi connectivity index (χ0v) is 22.1. The Balaban J connectivity index is 1.54. The highest BCUT2D eigenvalue weighted by molar-refractivity contribution is 7.92. The van der Waals surface area contributed by atoms with Crippen molar-refractivity contribution >= 4 is 37.3 Å². The molecular weight excluding hydrogens is 547 g/mol. The number of amides is 1. The summed E-state index contributed by atoms with van der Waals surface area (Å²) < 4.78 is 75.2. The monoisotopic (exact) mass is 570 g/mol. The SMILES string of the molecule is COc1ccc(C(=O)Nc2cccc(S(=O)(=O)Nc3ccccc3F)c2)cc1S(=O)(=O)NCc1ccccn1. The Hall–Kier alpha value is -4.33. The molecule has 0 aliphatic rings. The summed E-state index contributed by atoms with van der Waals surface area (Å²) in [4.78, 5) is 16.6. The van der Waals surface area contributed by atoms with Crippen LogP contribution in [0.15, 0.2) is 101 Å². The van der Waals surface area contributed by atoms with Crippen molar-refractivity contribution in [2.75, 3.05) is 17.1 Å². The summed E-state index contributed by atoms with van der Waals surface area (Å²) in [6, 6.07) is 19.6. The van der Waals surface area contributed by atoms with E-state index in [1.54, 1.807) is 18.2 Å². The number of methoxy groups -OCH3 is 1. The van der Waals surface area contributed by atoms with Gasteiger partial charge in [0.15, 0.2) is 0 Å². The summed E-state index contributed by atoms with van der Waals surface area (Å²) in [5.74, 6) is -1.42. The first kappa shape index (κ1) is 27.7. The van der Waals surface area contributed by atoms with Gasteiger partial charge in [0.2, 0.25) is 10.0 Å². The Bertz CT molecular complexity index is 1720. The van der Waals surface area contributed by atoms with E-state index in [1.165, 1.54) is 67.9 Å². The van der Waals surface area contributed by atoms with Gasteiger partial charge >= 0.3 is 0 Å². The number of carbonyl (C=O) groups excluding carboxylic acids is 1. The number of rotatable bonds is 10. The zero-order chi connectivity index (χ0) is 28.0. The maximum atomic E-state index is 13.9. The van der Waals surface area contributed by atoms with Crippen LogP contribution in [0.25, 0.3) is 0 Å². The van der Waals surface area contributed by atoms with E-state index in [2.05, 4.69) is 19.7 Å². The van der Waals surface area contributed by atoms with E-state index in [4.69, 9.17) is 4.74 Å². The second-order valence-corrected chi connectivity index (χ2v) is 11.5. The molecule has 10 nitrogen and oxygen atoms in total. The quantitative estimate of drug-likeness (QED) is 0.263. The minimum absolute atomic E-state index is 0.0207. The van der Waals surface area contributed by atoms with Crippen LogP contribution >= 0.6 is 0 Å². The molecule has 0 radical (unpaired) electrons. The van der Waals surface area contributed by atoms with Gasteiger partial charge in [0.25, 0.3) is 15.9 Å². The fourth-order valence-corrected chi connectivity index (χ4v) is 5.77. The molecule has 1 heterocycles. The van der Waals surface area contributed by atoms with Gasteiger partial charge in [-0.15, -0.1) is 0 Å². The van der Waals surface area contributed by atoms with Crippen molar-refractivity contribution < 1.29 is 30.8 Å². The fraction of sp³-hybridized carbons (Fsp3) is 0.0769. The van der Waals surface area contributed by atoms with Gasteiger partial charge in [-0.1, -0.05) is 24.3 Å². The van der Waals surface area contributed by atoms with E-state index in [0.29, 0.717) is 5.69 Å². The average molecular weight is 571 g/mol. The molecule has 1 aromatic heterocycles. The first-order valence-corrected chi connectivity index (χ1v) is 14.3. The minimum atomic E-state index is -4.17. The number of ether oxygens (including phenoxy) is 1. The third-order valence-electron chi connectivity index (χ3n) is 5.41. The molecule has 0 saturated heterocycles. The number of carbonyl (C=O) groups is 1. The summed E-state index contributed by atoms with van der Waals surface area (Å²) in [7, 11) is -6.98. The lowest BCUT2D eigenvalue weighted by molar-refractivity contribution is 0.102. The van der Waals surface area contributed by atoms with Gasteiger partial charge in [-0.25, -0.2) is 25.9 Å². The summed E-state index contributed by atoms with van der Waals surface area (Å²) in [5.41, 5.74) is 0.362. The molecule has 3 aromatic carbocycles. The number of aromatic nitrogens is 1. The molecule has 0 unspecified atom stereocenters. The Morgan fingerprint density at radius 1 is 0.897 bits per heavy atom. The molecule has 202 valence electrons. The Morgan fingerprint density at radius 2 is 1.67 bits per heavy atom. The van der Waals surface area contributed by atoms with Gasteiger partial charge in [-0.05, 0) is 60.7 Å². The highest BCUT2D eigenvalue weighted by atomic mass is 32.2. The first-order valence-electron chi connectivity index (χ1n) is 11.4. The van der Waals surface area contributed by atoms with E-state index in [0.717, 1.165) is 12.1 Å². The second kappa shape index (κ2) is 11.6. The molecule has 1 amide bonds. The molecule has 4 aromatic rings. The van der Waals surface area contributed by atoms with Crippen molar-refractivity contribution in [2.45, 2.75) is 16.3 Å². The highest BCUT2D eigenvalue weighted by Crippen LogP contribution is 2.26. The Labute approximate surface area is 225 Å². The van der Waals surface area contributed by atoms with Crippen LogP contribution in [0.3, 0.4) is 0 Å². The molecule has 4 rings (SSSR count). The molecule has 0 aliphatic carbocycles. The van der Waals surface area contributed by atoms with Crippen molar-refractivity contribution in [3.8, 4) is 5.75 Å². The van der Waals surface area contributed by atoms with Gasteiger partial charge in [0.1, 0.15) is 16.5 Å².